The minimum Gasteiger partial charge on any atom is -0.0836 e. The summed E-state index contributed by atoms with van der Waals surface area (Å²) in [6.07, 6.45) is 1.13. The molecule has 0 nitrogen and oxygen atoms in total. The maximum atomic E-state index is 3.81. The summed E-state index contributed by atoms with van der Waals surface area (Å²) in [6.45, 7) is 6.87. The number of hydrogen-bond acceptors (Lipinski definition) is 0. The Bertz CT molecular complexity index is 343. The van der Waals surface area contributed by atoms with Crippen LogP contribution >= 0.6 is 15.9 Å². The molecule has 0 fully saturated rings. The number of halogens is 1. The van der Waals surface area contributed by atoms with E-state index in [-0.39, 0.29) is 0 Å². The van der Waals surface area contributed by atoms with Gasteiger partial charge in [-0.2, -0.15) is 0 Å². The van der Waals surface area contributed by atoms with Gasteiger partial charge in [0, 0.05) is 4.83 Å². The van der Waals surface area contributed by atoms with E-state index in [1.807, 2.05) is 0 Å². The van der Waals surface area contributed by atoms with Crippen LogP contribution in [0.1, 0.15) is 48.2 Å². The van der Waals surface area contributed by atoms with Crippen LogP contribution in [0.4, 0.5) is 0 Å². The van der Waals surface area contributed by atoms with Gasteiger partial charge in [-0.3, -0.25) is 0 Å². The Hall–Kier alpha value is -0.300. The molecule has 2 rings (SSSR count). The number of hydrogen-bond donors (Lipinski definition) is 0. The van der Waals surface area contributed by atoms with Gasteiger partial charge >= 0.3 is 0 Å². The van der Waals surface area contributed by atoms with E-state index in [0.29, 0.717) is 10.7 Å². The van der Waals surface area contributed by atoms with Gasteiger partial charge < -0.3 is 0 Å². The van der Waals surface area contributed by atoms with Crippen molar-refractivity contribution in [3.63, 3.8) is 0 Å². The first-order valence-corrected chi connectivity index (χ1v) is 6.33. The first-order chi connectivity index (χ1) is 6.65. The number of rotatable bonds is 1. The predicted molar refractivity (Wildman–Crippen MR) is 65.1 cm³/mol. The molecule has 1 aliphatic rings. The molecular formula is C13H17Br. The zero-order valence-electron chi connectivity index (χ0n) is 9.05. The zero-order valence-corrected chi connectivity index (χ0v) is 10.6. The lowest BCUT2D eigenvalue weighted by Crippen LogP contribution is -1.99. The summed E-state index contributed by atoms with van der Waals surface area (Å²) in [4.78, 5) is 0.555. The molecule has 0 radical (unpaired) electrons. The van der Waals surface area contributed by atoms with E-state index in [0.717, 1.165) is 12.3 Å². The second kappa shape index (κ2) is 3.69. The predicted octanol–water partition coefficient (Wildman–Crippen LogP) is 4.44. The molecule has 0 aliphatic heterocycles. The molecule has 0 N–H and O–H groups in total. The highest BCUT2D eigenvalue weighted by atomic mass is 79.9. The maximum absolute atomic E-state index is 3.81. The summed E-state index contributed by atoms with van der Waals surface area (Å²) < 4.78 is 0. The van der Waals surface area contributed by atoms with Crippen molar-refractivity contribution in [1.29, 1.82) is 0 Å². The van der Waals surface area contributed by atoms with Gasteiger partial charge in [-0.15, -0.1) is 0 Å². The summed E-state index contributed by atoms with van der Waals surface area (Å²) in [5.74, 6) is 1.41. The highest BCUT2D eigenvalue weighted by molar-refractivity contribution is 9.09. The Kier molecular flexibility index (Phi) is 2.70. The van der Waals surface area contributed by atoms with Crippen LogP contribution in [-0.2, 0) is 6.42 Å². The Balaban J connectivity index is 2.48. The molecule has 0 saturated heterocycles. The van der Waals surface area contributed by atoms with Crippen molar-refractivity contribution in [3.05, 3.63) is 34.9 Å². The lowest BCUT2D eigenvalue weighted by atomic mass is 9.96. The molecule has 1 heteroatoms. The number of benzene rings is 1. The van der Waals surface area contributed by atoms with E-state index >= 15 is 0 Å². The van der Waals surface area contributed by atoms with Crippen LogP contribution in [0.2, 0.25) is 0 Å². The van der Waals surface area contributed by atoms with Crippen molar-refractivity contribution in [1.82, 2.24) is 0 Å². The van der Waals surface area contributed by atoms with Gasteiger partial charge in [-0.05, 0) is 34.9 Å². The highest BCUT2D eigenvalue weighted by Crippen LogP contribution is 2.49. The van der Waals surface area contributed by atoms with Crippen molar-refractivity contribution < 1.29 is 0 Å². The Labute approximate surface area is 94.8 Å². The summed E-state index contributed by atoms with van der Waals surface area (Å²) in [6, 6.07) is 6.96. The van der Waals surface area contributed by atoms with Crippen LogP contribution in [-0.4, -0.2) is 0 Å². The molecule has 3 atom stereocenters. The summed E-state index contributed by atoms with van der Waals surface area (Å²) in [5.41, 5.74) is 4.51. The van der Waals surface area contributed by atoms with Gasteiger partial charge in [-0.1, -0.05) is 54.9 Å². The smallest absolute Gasteiger partial charge is 0.0429 e. The summed E-state index contributed by atoms with van der Waals surface area (Å²) in [5, 5.41) is 0. The van der Waals surface area contributed by atoms with Gasteiger partial charge in [0.15, 0.2) is 0 Å². The van der Waals surface area contributed by atoms with Crippen LogP contribution < -0.4 is 0 Å². The Morgan fingerprint density at radius 2 is 1.93 bits per heavy atom. The third kappa shape index (κ3) is 1.42. The fourth-order valence-corrected chi connectivity index (χ4v) is 3.17. The normalized spacial score (nSPS) is 30.4. The minimum absolute atomic E-state index is 0.555. The molecule has 0 heterocycles. The van der Waals surface area contributed by atoms with Crippen molar-refractivity contribution in [3.8, 4) is 0 Å². The molecule has 0 spiro atoms. The van der Waals surface area contributed by atoms with Gasteiger partial charge in [0.1, 0.15) is 0 Å². The van der Waals surface area contributed by atoms with E-state index in [4.69, 9.17) is 0 Å². The van der Waals surface area contributed by atoms with Gasteiger partial charge in [0.25, 0.3) is 0 Å². The fourth-order valence-electron chi connectivity index (χ4n) is 2.32. The van der Waals surface area contributed by atoms with Crippen LogP contribution in [0.15, 0.2) is 18.2 Å². The van der Waals surface area contributed by atoms with Crippen molar-refractivity contribution in [2.75, 3.05) is 0 Å². The molecule has 0 bridgehead atoms. The molecule has 0 aromatic heterocycles. The lowest BCUT2D eigenvalue weighted by Gasteiger charge is -2.11. The largest absolute Gasteiger partial charge is 0.0836 e. The number of fused-ring (bicyclic) bond motifs is 1. The SMILES string of the molecule is CCc1ccc2c(c1)C(Br)C(C)C2C. The second-order valence-electron chi connectivity index (χ2n) is 4.37. The highest BCUT2D eigenvalue weighted by Gasteiger charge is 2.33. The molecule has 76 valence electrons. The van der Waals surface area contributed by atoms with Crippen molar-refractivity contribution in [2.45, 2.75) is 37.9 Å². The first-order valence-electron chi connectivity index (χ1n) is 5.42. The third-order valence-electron chi connectivity index (χ3n) is 3.60. The Morgan fingerprint density at radius 3 is 2.57 bits per heavy atom. The van der Waals surface area contributed by atoms with E-state index < -0.39 is 0 Å². The third-order valence-corrected chi connectivity index (χ3v) is 4.92. The van der Waals surface area contributed by atoms with E-state index in [2.05, 4.69) is 54.9 Å². The van der Waals surface area contributed by atoms with Crippen LogP contribution in [0.3, 0.4) is 0 Å². The quantitative estimate of drug-likeness (QED) is 0.649. The van der Waals surface area contributed by atoms with Crippen LogP contribution in [0, 0.1) is 5.92 Å². The minimum atomic E-state index is 0.555. The fraction of sp³-hybridized carbons (Fsp3) is 0.538. The molecule has 3 unspecified atom stereocenters. The van der Waals surface area contributed by atoms with E-state index in [1.54, 1.807) is 0 Å². The van der Waals surface area contributed by atoms with Gasteiger partial charge in [0.05, 0.1) is 0 Å². The maximum Gasteiger partial charge on any atom is 0.0429 e. The molecule has 1 aliphatic carbocycles. The standard InChI is InChI=1S/C13H17Br/c1-4-10-5-6-11-8(2)9(3)13(14)12(11)7-10/h5-9,13H,4H2,1-3H3. The summed E-state index contributed by atoms with van der Waals surface area (Å²) >= 11 is 3.81. The molecule has 0 saturated carbocycles. The lowest BCUT2D eigenvalue weighted by molar-refractivity contribution is 0.528. The van der Waals surface area contributed by atoms with Crippen LogP contribution in [0.5, 0.6) is 0 Å². The molecule has 1 aromatic carbocycles. The van der Waals surface area contributed by atoms with E-state index in [9.17, 15) is 0 Å². The molecule has 14 heavy (non-hydrogen) atoms. The molecular weight excluding hydrogens is 236 g/mol. The van der Waals surface area contributed by atoms with Crippen molar-refractivity contribution >= 4 is 15.9 Å². The van der Waals surface area contributed by atoms with Crippen molar-refractivity contribution in [2.24, 2.45) is 5.92 Å². The topological polar surface area (TPSA) is 0 Å². The zero-order chi connectivity index (χ0) is 10.3. The molecule has 0 amide bonds. The monoisotopic (exact) mass is 252 g/mol. The average molecular weight is 253 g/mol. The average Bonchev–Trinajstić information content (AvgIpc) is 2.44. The van der Waals surface area contributed by atoms with Crippen LogP contribution in [0.25, 0.3) is 0 Å². The summed E-state index contributed by atoms with van der Waals surface area (Å²) in [7, 11) is 0. The molecule has 1 aromatic rings. The first kappa shape index (κ1) is 10.2. The second-order valence-corrected chi connectivity index (χ2v) is 5.35. The number of aryl methyl sites for hydroxylation is 1. The number of alkyl halides is 1. The van der Waals surface area contributed by atoms with E-state index in [1.165, 1.54) is 16.7 Å². The van der Waals surface area contributed by atoms with Gasteiger partial charge in [-0.25, -0.2) is 0 Å². The van der Waals surface area contributed by atoms with Gasteiger partial charge in [0.2, 0.25) is 0 Å². The Morgan fingerprint density at radius 1 is 1.21 bits per heavy atom.